The molecule has 2 aromatic carbocycles. The number of benzene rings is 2. The van der Waals surface area contributed by atoms with Gasteiger partial charge in [0.05, 0.1) is 23.4 Å². The van der Waals surface area contributed by atoms with Gasteiger partial charge in [0.1, 0.15) is 10.6 Å². The Bertz CT molecular complexity index is 1110. The summed E-state index contributed by atoms with van der Waals surface area (Å²) in [6, 6.07) is 7.07. The van der Waals surface area contributed by atoms with Crippen LogP contribution in [0.25, 0.3) is 0 Å². The lowest BCUT2D eigenvalue weighted by Crippen LogP contribution is -2.27. The van der Waals surface area contributed by atoms with Crippen molar-refractivity contribution in [2.75, 3.05) is 0 Å². The molecule has 0 fully saturated rings. The summed E-state index contributed by atoms with van der Waals surface area (Å²) >= 11 is 0.728. The molecule has 0 aliphatic carbocycles. The maximum Gasteiger partial charge on any atom is 0.342 e. The first kappa shape index (κ1) is 24.0. The summed E-state index contributed by atoms with van der Waals surface area (Å²) in [5.41, 5.74) is -0.159. The average Bonchev–Trinajstić information content (AvgIpc) is 2.71. The topological polar surface area (TPSA) is 217 Å². The first-order valence-corrected chi connectivity index (χ1v) is 9.94. The minimum Gasteiger partial charge on any atom is -0.479 e. The fraction of sp³-hybridized carbons (Fsp3) is 0.0667. The molecule has 0 bridgehead atoms. The van der Waals surface area contributed by atoms with E-state index in [0.717, 1.165) is 24.2 Å². The van der Waals surface area contributed by atoms with Crippen molar-refractivity contribution in [2.45, 2.75) is 15.8 Å². The summed E-state index contributed by atoms with van der Waals surface area (Å²) in [6.45, 7) is 0. The van der Waals surface area contributed by atoms with Gasteiger partial charge in [-0.2, -0.15) is 28.9 Å². The Kier molecular flexibility index (Phi) is 8.25. The third-order valence-electron chi connectivity index (χ3n) is 3.25. The number of nitrogens with zero attached hydrogens (tertiary/aromatic N) is 4. The van der Waals surface area contributed by atoms with E-state index in [1.54, 1.807) is 12.1 Å². The molecule has 0 saturated carbocycles. The number of aliphatic carboxylic acids is 2. The van der Waals surface area contributed by atoms with Crippen molar-refractivity contribution in [3.63, 3.8) is 0 Å². The Morgan fingerprint density at radius 1 is 0.935 bits per heavy atom. The minimum absolute atomic E-state index is 0.0185. The number of carboxylic acids is 2. The van der Waals surface area contributed by atoms with Gasteiger partial charge in [-0.25, -0.2) is 14.8 Å². The summed E-state index contributed by atoms with van der Waals surface area (Å²) in [5.74, 6) is -3.62. The van der Waals surface area contributed by atoms with Gasteiger partial charge in [-0.05, 0) is 42.5 Å². The van der Waals surface area contributed by atoms with Crippen LogP contribution in [0.4, 0.5) is 17.1 Å². The number of rotatable bonds is 10. The highest BCUT2D eigenvalue weighted by Crippen LogP contribution is 2.30. The molecule has 0 heterocycles. The van der Waals surface area contributed by atoms with E-state index in [2.05, 4.69) is 29.8 Å². The highest BCUT2D eigenvalue weighted by Gasteiger charge is 2.26. The van der Waals surface area contributed by atoms with Crippen molar-refractivity contribution < 1.29 is 47.4 Å². The molecule has 0 amide bonds. The summed E-state index contributed by atoms with van der Waals surface area (Å²) in [7, 11) is -4.84. The number of carboxylic acid groups (broad SMARTS) is 2. The molecule has 31 heavy (non-hydrogen) atoms. The lowest BCUT2D eigenvalue weighted by atomic mass is 10.3. The van der Waals surface area contributed by atoms with Crippen LogP contribution in [0.1, 0.15) is 0 Å². The number of carbonyl (C=O) groups is 2. The second-order valence-corrected chi connectivity index (χ2v) is 7.51. The van der Waals surface area contributed by atoms with Gasteiger partial charge in [0, 0.05) is 4.90 Å². The number of hydrogen-bond acceptors (Lipinski definition) is 12. The van der Waals surface area contributed by atoms with Gasteiger partial charge in [-0.1, -0.05) is 5.04 Å². The molecular formula is C15H12N4O10S2. The Balaban J connectivity index is 2.30. The zero-order valence-corrected chi connectivity index (χ0v) is 16.6. The molecular weight excluding hydrogens is 460 g/mol. The van der Waals surface area contributed by atoms with E-state index in [1.165, 1.54) is 18.2 Å². The van der Waals surface area contributed by atoms with Crippen LogP contribution in [0.15, 0.2) is 72.7 Å². The van der Waals surface area contributed by atoms with Gasteiger partial charge < -0.3 is 10.2 Å². The highest BCUT2D eigenvalue weighted by atomic mass is 32.2. The maximum atomic E-state index is 11.6. The molecule has 16 heteroatoms. The van der Waals surface area contributed by atoms with E-state index < -0.39 is 38.7 Å². The first-order valence-electron chi connectivity index (χ1n) is 7.76. The fourth-order valence-corrected chi connectivity index (χ4v) is 2.92. The van der Waals surface area contributed by atoms with Gasteiger partial charge in [0.15, 0.2) is 0 Å². The predicted molar refractivity (Wildman–Crippen MR) is 101 cm³/mol. The largest absolute Gasteiger partial charge is 0.479 e. The standard InChI is InChI=1S/C15H12N4O10S2/c20-14(21)13(15(22)23)19-18-11-6-3-9(7-12(11)31(25,26)27)17-16-8-1-4-10(5-2-8)30-29-28-24/h1-7,13,24H,(H,20,21)(H,22,23)(H,25,26,27). The zero-order valence-electron chi connectivity index (χ0n) is 15.0. The molecule has 164 valence electrons. The van der Waals surface area contributed by atoms with Crippen molar-refractivity contribution in [3.8, 4) is 0 Å². The smallest absolute Gasteiger partial charge is 0.342 e. The third-order valence-corrected chi connectivity index (χ3v) is 4.72. The van der Waals surface area contributed by atoms with E-state index in [-0.39, 0.29) is 5.69 Å². The second kappa shape index (κ2) is 10.7. The molecule has 0 aliphatic rings. The highest BCUT2D eigenvalue weighted by molar-refractivity contribution is 7.94. The molecule has 0 spiro atoms. The van der Waals surface area contributed by atoms with Crippen LogP contribution in [0.3, 0.4) is 0 Å². The van der Waals surface area contributed by atoms with Crippen molar-refractivity contribution in [3.05, 3.63) is 42.5 Å². The Labute approximate surface area is 177 Å². The Hall–Kier alpha value is -3.28. The Morgan fingerprint density at radius 3 is 2.06 bits per heavy atom. The summed E-state index contributed by atoms with van der Waals surface area (Å²) in [5, 5.41) is 43.2. The van der Waals surface area contributed by atoms with Crippen LogP contribution in [-0.2, 0) is 29.1 Å². The molecule has 4 N–H and O–H groups in total. The quantitative estimate of drug-likeness (QED) is 0.0980. The van der Waals surface area contributed by atoms with E-state index in [4.69, 9.17) is 15.5 Å². The van der Waals surface area contributed by atoms with Gasteiger partial charge in [0.2, 0.25) is 0 Å². The third kappa shape index (κ3) is 7.17. The van der Waals surface area contributed by atoms with Crippen LogP contribution < -0.4 is 0 Å². The van der Waals surface area contributed by atoms with Gasteiger partial charge >= 0.3 is 11.9 Å². The van der Waals surface area contributed by atoms with Crippen molar-refractivity contribution in [1.82, 2.24) is 0 Å². The predicted octanol–water partition coefficient (Wildman–Crippen LogP) is 3.40. The number of azo groups is 2. The van der Waals surface area contributed by atoms with Crippen LogP contribution in [0, 0.1) is 0 Å². The van der Waals surface area contributed by atoms with Crippen molar-refractivity contribution in [1.29, 1.82) is 0 Å². The molecule has 2 rings (SSSR count). The van der Waals surface area contributed by atoms with Crippen LogP contribution in [0.2, 0.25) is 0 Å². The van der Waals surface area contributed by atoms with Crippen LogP contribution in [-0.4, -0.2) is 46.4 Å². The Morgan fingerprint density at radius 2 is 1.52 bits per heavy atom. The van der Waals surface area contributed by atoms with Crippen LogP contribution in [0.5, 0.6) is 0 Å². The average molecular weight is 472 g/mol. The first-order chi connectivity index (χ1) is 14.6. The molecule has 0 radical (unpaired) electrons. The summed E-state index contributed by atoms with van der Waals surface area (Å²) < 4.78 is 36.9. The molecule has 0 unspecified atom stereocenters. The van der Waals surface area contributed by atoms with Gasteiger partial charge in [-0.3, -0.25) is 4.55 Å². The minimum atomic E-state index is -4.84. The number of hydrogen-bond donors (Lipinski definition) is 4. The molecule has 0 aromatic heterocycles. The molecule has 2 aromatic rings. The molecule has 0 saturated heterocycles. The monoisotopic (exact) mass is 472 g/mol. The lowest BCUT2D eigenvalue weighted by molar-refractivity contribution is -0.432. The van der Waals surface area contributed by atoms with Crippen molar-refractivity contribution in [2.24, 2.45) is 20.5 Å². The zero-order chi connectivity index (χ0) is 23.0. The van der Waals surface area contributed by atoms with Gasteiger partial charge in [-0.15, -0.1) is 4.33 Å². The van der Waals surface area contributed by atoms with Crippen LogP contribution >= 0.6 is 12.0 Å². The summed E-state index contributed by atoms with van der Waals surface area (Å²) in [6.07, 6.45) is 0. The fourth-order valence-electron chi connectivity index (χ4n) is 1.92. The normalized spacial score (nSPS) is 12.1. The molecule has 14 nitrogen and oxygen atoms in total. The molecule has 0 aliphatic heterocycles. The van der Waals surface area contributed by atoms with E-state index in [9.17, 15) is 22.6 Å². The van der Waals surface area contributed by atoms with E-state index in [0.29, 0.717) is 10.6 Å². The lowest BCUT2D eigenvalue weighted by Gasteiger charge is -2.04. The van der Waals surface area contributed by atoms with E-state index >= 15 is 0 Å². The second-order valence-electron chi connectivity index (χ2n) is 5.34. The molecule has 0 atom stereocenters. The maximum absolute atomic E-state index is 11.6. The van der Waals surface area contributed by atoms with E-state index in [1.807, 2.05) is 0 Å². The SMILES string of the molecule is O=C(O)C(N=Nc1ccc(N=Nc2ccc(SOOO)cc2)cc1S(=O)(=O)O)C(=O)O. The van der Waals surface area contributed by atoms with Gasteiger partial charge in [0.25, 0.3) is 16.2 Å². The van der Waals surface area contributed by atoms with Crippen molar-refractivity contribution >= 4 is 51.2 Å². The summed E-state index contributed by atoms with van der Waals surface area (Å²) in [4.78, 5) is 21.5.